The molecule has 188 valence electrons. The molecule has 11 heteroatoms. The third-order valence-corrected chi connectivity index (χ3v) is 4.42. The molecule has 0 aliphatic carbocycles. The fourth-order valence-corrected chi connectivity index (χ4v) is 2.21. The minimum Gasteiger partial charge on any atom is -0.870 e. The number of hydrogen-bond donors (Lipinski definition) is 5. The smallest absolute Gasteiger partial charge is 0.163 e. The molecule has 32 heavy (non-hydrogen) atoms. The zero-order chi connectivity index (χ0) is 22.1. The summed E-state index contributed by atoms with van der Waals surface area (Å²) in [5, 5.41) is 16.4. The standard InChI is InChI=1S/C7H8S.C6H12O2S.C5H5N.C3H8O2S.3H2O/c1-6-2-4-7(8)5-3-6;1-6(2)7-3-5(4-9)8-6;1-2-4-6-5-3-1;4-1-3(5)2-6;;;/h2-5,8H,1H3;5,9H,3-4H2,1-2H3;1-5H;3-6H,1-2H2;3*1H2/p-1. The average molecular weight is 513 g/mol. The quantitative estimate of drug-likeness (QED) is 0.394. The van der Waals surface area contributed by atoms with E-state index < -0.39 is 6.10 Å². The van der Waals surface area contributed by atoms with Crippen LogP contribution in [0.25, 0.3) is 0 Å². The van der Waals surface area contributed by atoms with Crippen LogP contribution in [0.1, 0.15) is 19.4 Å². The highest BCUT2D eigenvalue weighted by Gasteiger charge is 2.31. The Morgan fingerprint density at radius 2 is 1.62 bits per heavy atom. The lowest BCUT2D eigenvalue weighted by atomic mass is 10.2. The molecule has 8 nitrogen and oxygen atoms in total. The number of hydrogen-bond acceptors (Lipinski definition) is 9. The first-order valence-electron chi connectivity index (χ1n) is 9.17. The second-order valence-electron chi connectivity index (χ2n) is 6.51. The molecular formula is C21H38NO7S3-. The largest absolute Gasteiger partial charge is 0.870 e. The summed E-state index contributed by atoms with van der Waals surface area (Å²) >= 11 is 11.9. The summed E-state index contributed by atoms with van der Waals surface area (Å²) in [4.78, 5) is 4.81. The van der Waals surface area contributed by atoms with Gasteiger partial charge in [-0.05, 0) is 45.0 Å². The Bertz CT molecular complexity index is 571. The SMILES string of the molecule is CC1(C)OCC(CS)O1.Cc1ccc(S)cc1.O.O.OCC(O)CS.[OH-].c1ccncc1. The molecule has 1 fully saturated rings. The van der Waals surface area contributed by atoms with Crippen LogP contribution in [0.5, 0.6) is 0 Å². The molecule has 2 unspecified atom stereocenters. The molecular weight excluding hydrogens is 474 g/mol. The van der Waals surface area contributed by atoms with E-state index in [4.69, 9.17) is 19.7 Å². The number of nitrogens with zero attached hydrogens (tertiary/aromatic N) is 1. The van der Waals surface area contributed by atoms with Crippen LogP contribution in [-0.4, -0.2) is 74.3 Å². The van der Waals surface area contributed by atoms with Gasteiger partial charge in [0.15, 0.2) is 5.79 Å². The van der Waals surface area contributed by atoms with E-state index in [-0.39, 0.29) is 34.9 Å². The lowest BCUT2D eigenvalue weighted by Crippen LogP contribution is -2.21. The zero-order valence-corrected chi connectivity index (χ0v) is 21.3. The van der Waals surface area contributed by atoms with E-state index in [0.29, 0.717) is 12.4 Å². The number of aliphatic hydroxyl groups excluding tert-OH is 2. The molecule has 0 spiro atoms. The van der Waals surface area contributed by atoms with E-state index in [0.717, 1.165) is 10.6 Å². The van der Waals surface area contributed by atoms with Crippen molar-refractivity contribution in [1.29, 1.82) is 0 Å². The second kappa shape index (κ2) is 23.3. The summed E-state index contributed by atoms with van der Waals surface area (Å²) in [5.41, 5.74) is 1.28. The van der Waals surface area contributed by atoms with E-state index in [1.54, 1.807) is 12.4 Å². The van der Waals surface area contributed by atoms with Crippen molar-refractivity contribution >= 4 is 37.9 Å². The van der Waals surface area contributed by atoms with Crippen molar-refractivity contribution < 1.29 is 36.1 Å². The van der Waals surface area contributed by atoms with Gasteiger partial charge in [-0.1, -0.05) is 23.8 Å². The Hall–Kier alpha value is -0.860. The summed E-state index contributed by atoms with van der Waals surface area (Å²) in [5.74, 6) is 0.688. The van der Waals surface area contributed by atoms with Crippen LogP contribution >= 0.6 is 37.9 Å². The molecule has 2 aromatic rings. The van der Waals surface area contributed by atoms with Crippen LogP contribution in [0, 0.1) is 6.92 Å². The minimum atomic E-state index is -0.645. The predicted octanol–water partition coefficient (Wildman–Crippen LogP) is 1.88. The first kappa shape index (κ1) is 38.4. The van der Waals surface area contributed by atoms with Crippen molar-refractivity contribution in [2.45, 2.75) is 43.7 Å². The van der Waals surface area contributed by atoms with E-state index in [2.05, 4.69) is 49.8 Å². The molecule has 3 rings (SSSR count). The summed E-state index contributed by atoms with van der Waals surface area (Å²) in [6.45, 7) is 6.38. The maximum atomic E-state index is 8.34. The Balaban J connectivity index is -0.000000161. The highest BCUT2D eigenvalue weighted by atomic mass is 32.1. The first-order valence-corrected chi connectivity index (χ1v) is 10.9. The number of aryl methyl sites for hydroxylation is 1. The van der Waals surface area contributed by atoms with Gasteiger partial charge in [0.25, 0.3) is 0 Å². The van der Waals surface area contributed by atoms with E-state index >= 15 is 0 Å². The monoisotopic (exact) mass is 512 g/mol. The third-order valence-electron chi connectivity index (χ3n) is 3.29. The summed E-state index contributed by atoms with van der Waals surface area (Å²) < 4.78 is 10.7. The molecule has 1 saturated heterocycles. The van der Waals surface area contributed by atoms with Gasteiger partial charge in [0.05, 0.1) is 25.4 Å². The molecule has 2 heterocycles. The highest BCUT2D eigenvalue weighted by molar-refractivity contribution is 7.80. The Labute approximate surface area is 207 Å². The maximum absolute atomic E-state index is 8.34. The van der Waals surface area contributed by atoms with Gasteiger partial charge in [-0.3, -0.25) is 4.98 Å². The van der Waals surface area contributed by atoms with Gasteiger partial charge in [0, 0.05) is 28.8 Å². The van der Waals surface area contributed by atoms with Gasteiger partial charge in [-0.2, -0.15) is 25.3 Å². The number of rotatable bonds is 3. The minimum absolute atomic E-state index is 0. The van der Waals surface area contributed by atoms with Crippen molar-refractivity contribution in [2.24, 2.45) is 0 Å². The predicted molar refractivity (Wildman–Crippen MR) is 138 cm³/mol. The molecule has 1 aromatic heterocycles. The number of benzene rings is 1. The van der Waals surface area contributed by atoms with Gasteiger partial charge < -0.3 is 36.1 Å². The molecule has 0 bridgehead atoms. The summed E-state index contributed by atoms with van der Waals surface area (Å²) in [6, 6.07) is 13.8. The third kappa shape index (κ3) is 22.3. The highest BCUT2D eigenvalue weighted by Crippen LogP contribution is 2.22. The van der Waals surface area contributed by atoms with E-state index in [1.165, 1.54) is 5.56 Å². The van der Waals surface area contributed by atoms with Crippen LogP contribution in [-0.2, 0) is 9.47 Å². The Morgan fingerprint density at radius 3 is 1.81 bits per heavy atom. The molecule has 1 aliphatic rings. The lowest BCUT2D eigenvalue weighted by molar-refractivity contribution is -0.135. The normalized spacial score (nSPS) is 15.8. The fraction of sp³-hybridized carbons (Fsp3) is 0.476. The summed E-state index contributed by atoms with van der Waals surface area (Å²) in [7, 11) is 0. The molecule has 1 aliphatic heterocycles. The van der Waals surface area contributed by atoms with Crippen LogP contribution in [0.4, 0.5) is 0 Å². The van der Waals surface area contributed by atoms with Gasteiger partial charge in [-0.15, -0.1) is 12.6 Å². The topological polar surface area (TPSA) is 165 Å². The van der Waals surface area contributed by atoms with Crippen molar-refractivity contribution in [3.8, 4) is 0 Å². The van der Waals surface area contributed by atoms with E-state index in [1.807, 2.05) is 56.3 Å². The molecule has 0 amide bonds. The van der Waals surface area contributed by atoms with Crippen molar-refractivity contribution in [1.82, 2.24) is 4.98 Å². The fourth-order valence-electron chi connectivity index (χ4n) is 1.77. The number of ether oxygens (including phenoxy) is 2. The first-order chi connectivity index (χ1) is 13.7. The number of aromatic nitrogens is 1. The molecule has 2 atom stereocenters. The van der Waals surface area contributed by atoms with Gasteiger partial charge >= 0.3 is 0 Å². The van der Waals surface area contributed by atoms with Crippen molar-refractivity contribution in [2.75, 3.05) is 24.7 Å². The van der Waals surface area contributed by atoms with E-state index in [9.17, 15) is 0 Å². The van der Waals surface area contributed by atoms with Gasteiger partial charge in [0.1, 0.15) is 0 Å². The summed E-state index contributed by atoms with van der Waals surface area (Å²) in [6.07, 6.45) is 3.04. The maximum Gasteiger partial charge on any atom is 0.163 e. The number of aliphatic hydroxyl groups is 2. The van der Waals surface area contributed by atoms with Crippen LogP contribution < -0.4 is 0 Å². The Morgan fingerprint density at radius 1 is 1.09 bits per heavy atom. The van der Waals surface area contributed by atoms with Crippen LogP contribution in [0.3, 0.4) is 0 Å². The average Bonchev–Trinajstić information content (AvgIpc) is 3.11. The van der Waals surface area contributed by atoms with Gasteiger partial charge in [-0.25, -0.2) is 0 Å². The Kier molecular flexibility index (Phi) is 28.0. The lowest BCUT2D eigenvalue weighted by Gasteiger charge is -2.15. The number of thiol groups is 3. The molecule has 7 N–H and O–H groups in total. The number of pyridine rings is 1. The van der Waals surface area contributed by atoms with Crippen molar-refractivity contribution in [3.05, 3.63) is 60.4 Å². The van der Waals surface area contributed by atoms with Crippen LogP contribution in [0.2, 0.25) is 0 Å². The van der Waals surface area contributed by atoms with Crippen LogP contribution in [0.15, 0.2) is 59.8 Å². The van der Waals surface area contributed by atoms with Crippen molar-refractivity contribution in [3.63, 3.8) is 0 Å². The zero-order valence-electron chi connectivity index (χ0n) is 18.6. The molecule has 1 aromatic carbocycles. The van der Waals surface area contributed by atoms with Gasteiger partial charge in [0.2, 0.25) is 0 Å². The second-order valence-corrected chi connectivity index (χ2v) is 7.76. The molecule has 0 radical (unpaired) electrons. The molecule has 0 saturated carbocycles.